The Labute approximate surface area is 61.2 Å². The van der Waals surface area contributed by atoms with E-state index in [1.165, 1.54) is 11.8 Å². The molecular weight excluding hydrogens is 122 g/mol. The Hall–Kier alpha value is -1.11. The number of hydrogen-bond acceptors (Lipinski definition) is 1. The molecule has 52 valence electrons. The fourth-order valence-corrected chi connectivity index (χ4v) is 0.850. The van der Waals surface area contributed by atoms with Gasteiger partial charge in [0.05, 0.1) is 0 Å². The Morgan fingerprint density at radius 1 is 1.30 bits per heavy atom. The van der Waals surface area contributed by atoms with Gasteiger partial charge in [0, 0.05) is 6.21 Å². The summed E-state index contributed by atoms with van der Waals surface area (Å²) in [7, 11) is 0. The first kappa shape index (κ1) is 7.00. The monoisotopic (exact) mass is 133 g/mol. The smallest absolute Gasteiger partial charge is 0.0250 e. The number of hydrogen-bond donors (Lipinski definition) is 1. The zero-order chi connectivity index (χ0) is 7.40. The standard InChI is InChI=1S/C9H11N/c1-2-8-3-5-9(7-10)6-4-8/h3-7,10H,2H2,1H3. The molecule has 1 rings (SSSR count). The highest BCUT2D eigenvalue weighted by molar-refractivity contribution is 5.76. The molecule has 0 bridgehead atoms. The predicted octanol–water partition coefficient (Wildman–Crippen LogP) is 2.25. The molecule has 1 nitrogen and oxygen atoms in total. The van der Waals surface area contributed by atoms with E-state index in [0.29, 0.717) is 0 Å². The Kier molecular flexibility index (Phi) is 2.21. The quantitative estimate of drug-likeness (QED) is 0.598. The molecule has 0 fully saturated rings. The van der Waals surface area contributed by atoms with E-state index in [4.69, 9.17) is 5.41 Å². The average molecular weight is 133 g/mol. The second kappa shape index (κ2) is 3.16. The third-order valence-corrected chi connectivity index (χ3v) is 1.55. The van der Waals surface area contributed by atoms with E-state index >= 15 is 0 Å². The van der Waals surface area contributed by atoms with Gasteiger partial charge in [-0.05, 0) is 17.5 Å². The summed E-state index contributed by atoms with van der Waals surface area (Å²) in [5, 5.41) is 6.95. The van der Waals surface area contributed by atoms with E-state index in [2.05, 4.69) is 19.1 Å². The molecule has 0 atom stereocenters. The molecule has 0 aromatic heterocycles. The summed E-state index contributed by atoms with van der Waals surface area (Å²) in [5.41, 5.74) is 2.29. The summed E-state index contributed by atoms with van der Waals surface area (Å²) in [6.07, 6.45) is 2.43. The van der Waals surface area contributed by atoms with Crippen LogP contribution in [0, 0.1) is 5.41 Å². The van der Waals surface area contributed by atoms with Crippen molar-refractivity contribution in [3.63, 3.8) is 0 Å². The molecule has 0 aliphatic heterocycles. The highest BCUT2D eigenvalue weighted by Crippen LogP contribution is 2.01. The fraction of sp³-hybridized carbons (Fsp3) is 0.222. The zero-order valence-corrected chi connectivity index (χ0v) is 6.09. The van der Waals surface area contributed by atoms with Crippen LogP contribution in [0.1, 0.15) is 18.1 Å². The highest BCUT2D eigenvalue weighted by atomic mass is 14.3. The van der Waals surface area contributed by atoms with Crippen molar-refractivity contribution in [1.82, 2.24) is 0 Å². The minimum Gasteiger partial charge on any atom is -0.308 e. The van der Waals surface area contributed by atoms with Crippen molar-refractivity contribution in [2.24, 2.45) is 0 Å². The van der Waals surface area contributed by atoms with Crippen LogP contribution < -0.4 is 0 Å². The molecule has 1 aromatic carbocycles. The van der Waals surface area contributed by atoms with E-state index < -0.39 is 0 Å². The topological polar surface area (TPSA) is 23.9 Å². The van der Waals surface area contributed by atoms with Crippen LogP contribution in [0.2, 0.25) is 0 Å². The van der Waals surface area contributed by atoms with Crippen LogP contribution in [-0.4, -0.2) is 6.21 Å². The van der Waals surface area contributed by atoms with Crippen LogP contribution >= 0.6 is 0 Å². The molecule has 0 heterocycles. The first-order valence-electron chi connectivity index (χ1n) is 3.46. The molecule has 1 N–H and O–H groups in total. The van der Waals surface area contributed by atoms with Crippen molar-refractivity contribution in [2.45, 2.75) is 13.3 Å². The molecular formula is C9H11N. The van der Waals surface area contributed by atoms with Crippen LogP contribution in [0.15, 0.2) is 24.3 Å². The van der Waals surface area contributed by atoms with E-state index in [-0.39, 0.29) is 0 Å². The minimum atomic E-state index is 0.970. The first-order valence-corrected chi connectivity index (χ1v) is 3.46. The van der Waals surface area contributed by atoms with Gasteiger partial charge in [0.25, 0.3) is 0 Å². The number of aryl methyl sites for hydroxylation is 1. The van der Waals surface area contributed by atoms with Gasteiger partial charge in [-0.1, -0.05) is 31.2 Å². The normalized spacial score (nSPS) is 9.30. The van der Waals surface area contributed by atoms with Gasteiger partial charge in [0.1, 0.15) is 0 Å². The molecule has 0 unspecified atom stereocenters. The van der Waals surface area contributed by atoms with Crippen molar-refractivity contribution >= 4 is 6.21 Å². The van der Waals surface area contributed by atoms with Gasteiger partial charge in [0.15, 0.2) is 0 Å². The summed E-state index contributed by atoms with van der Waals surface area (Å²) >= 11 is 0. The summed E-state index contributed by atoms with van der Waals surface area (Å²) in [5.74, 6) is 0. The van der Waals surface area contributed by atoms with Crippen molar-refractivity contribution in [3.8, 4) is 0 Å². The molecule has 0 saturated carbocycles. The van der Waals surface area contributed by atoms with Crippen LogP contribution in [0.5, 0.6) is 0 Å². The lowest BCUT2D eigenvalue weighted by Gasteiger charge is -1.94. The maximum Gasteiger partial charge on any atom is 0.0250 e. The molecule has 0 saturated heterocycles. The second-order valence-corrected chi connectivity index (χ2v) is 2.24. The minimum absolute atomic E-state index is 0.970. The molecule has 0 aliphatic carbocycles. The molecule has 0 spiro atoms. The predicted molar refractivity (Wildman–Crippen MR) is 43.7 cm³/mol. The van der Waals surface area contributed by atoms with Gasteiger partial charge in [-0.25, -0.2) is 0 Å². The van der Waals surface area contributed by atoms with E-state index in [1.807, 2.05) is 12.1 Å². The molecule has 1 aromatic rings. The van der Waals surface area contributed by atoms with Crippen LogP contribution in [0.25, 0.3) is 0 Å². The van der Waals surface area contributed by atoms with Crippen molar-refractivity contribution in [1.29, 1.82) is 5.41 Å². The van der Waals surface area contributed by atoms with Gasteiger partial charge < -0.3 is 5.41 Å². The average Bonchev–Trinajstić information content (AvgIpc) is 2.05. The van der Waals surface area contributed by atoms with Crippen molar-refractivity contribution in [2.75, 3.05) is 0 Å². The molecule has 1 heteroatoms. The maximum atomic E-state index is 6.95. The molecule has 0 amide bonds. The van der Waals surface area contributed by atoms with Crippen molar-refractivity contribution < 1.29 is 0 Å². The lowest BCUT2D eigenvalue weighted by molar-refractivity contribution is 1.14. The largest absolute Gasteiger partial charge is 0.308 e. The van der Waals surface area contributed by atoms with Crippen LogP contribution in [0.4, 0.5) is 0 Å². The summed E-state index contributed by atoms with van der Waals surface area (Å²) in [6, 6.07) is 8.04. The lowest BCUT2D eigenvalue weighted by Crippen LogP contribution is -1.81. The van der Waals surface area contributed by atoms with Crippen molar-refractivity contribution in [3.05, 3.63) is 35.4 Å². The maximum absolute atomic E-state index is 6.95. The van der Waals surface area contributed by atoms with Crippen LogP contribution in [-0.2, 0) is 6.42 Å². The number of benzene rings is 1. The Morgan fingerprint density at radius 3 is 2.30 bits per heavy atom. The molecule has 0 radical (unpaired) electrons. The Bertz CT molecular complexity index is 211. The van der Waals surface area contributed by atoms with Crippen LogP contribution in [0.3, 0.4) is 0 Å². The molecule has 0 aliphatic rings. The SMILES string of the molecule is CCc1ccc(C=N)cc1. The van der Waals surface area contributed by atoms with E-state index in [0.717, 1.165) is 12.0 Å². The second-order valence-electron chi connectivity index (χ2n) is 2.24. The van der Waals surface area contributed by atoms with Gasteiger partial charge in [-0.3, -0.25) is 0 Å². The third-order valence-electron chi connectivity index (χ3n) is 1.55. The highest BCUT2D eigenvalue weighted by Gasteiger charge is 1.87. The lowest BCUT2D eigenvalue weighted by atomic mass is 10.1. The van der Waals surface area contributed by atoms with E-state index in [1.54, 1.807) is 0 Å². The summed E-state index contributed by atoms with van der Waals surface area (Å²) in [6.45, 7) is 2.12. The third kappa shape index (κ3) is 1.44. The number of nitrogens with one attached hydrogen (secondary N) is 1. The van der Waals surface area contributed by atoms with Gasteiger partial charge in [-0.15, -0.1) is 0 Å². The Morgan fingerprint density at radius 2 is 1.90 bits per heavy atom. The summed E-state index contributed by atoms with van der Waals surface area (Å²) < 4.78 is 0. The number of rotatable bonds is 2. The fourth-order valence-electron chi connectivity index (χ4n) is 0.850. The van der Waals surface area contributed by atoms with Gasteiger partial charge in [-0.2, -0.15) is 0 Å². The zero-order valence-electron chi connectivity index (χ0n) is 6.09. The molecule has 10 heavy (non-hydrogen) atoms. The Balaban J connectivity index is 2.90. The van der Waals surface area contributed by atoms with Gasteiger partial charge >= 0.3 is 0 Å². The summed E-state index contributed by atoms with van der Waals surface area (Å²) in [4.78, 5) is 0. The van der Waals surface area contributed by atoms with Gasteiger partial charge in [0.2, 0.25) is 0 Å². The van der Waals surface area contributed by atoms with E-state index in [9.17, 15) is 0 Å². The first-order chi connectivity index (χ1) is 4.86.